The van der Waals surface area contributed by atoms with Gasteiger partial charge in [0.2, 0.25) is 5.89 Å². The molecule has 118 valence electrons. The molecular formula is C18H11BrN2O3. The molecule has 0 N–H and O–H groups in total. The lowest BCUT2D eigenvalue weighted by molar-refractivity contribution is 0.0601. The summed E-state index contributed by atoms with van der Waals surface area (Å²) in [6, 6.07) is 14.2. The van der Waals surface area contributed by atoms with Crippen LogP contribution in [0.3, 0.4) is 0 Å². The first-order valence-corrected chi connectivity index (χ1v) is 7.76. The minimum absolute atomic E-state index is 0.361. The van der Waals surface area contributed by atoms with E-state index in [1.165, 1.54) is 7.11 Å². The molecule has 2 aromatic carbocycles. The third-order valence-electron chi connectivity index (χ3n) is 3.43. The number of methoxy groups -OCH3 is 1. The summed E-state index contributed by atoms with van der Waals surface area (Å²) in [6.07, 6.45) is 1.59. The monoisotopic (exact) mass is 382 g/mol. The molecule has 0 unspecified atom stereocenters. The fraction of sp³-hybridized carbons (Fsp3) is 0.0556. The van der Waals surface area contributed by atoms with Crippen LogP contribution < -0.4 is 0 Å². The van der Waals surface area contributed by atoms with Crippen molar-refractivity contribution >= 4 is 21.9 Å². The van der Waals surface area contributed by atoms with E-state index in [1.807, 2.05) is 0 Å². The maximum atomic E-state index is 11.5. The first kappa shape index (κ1) is 16.0. The van der Waals surface area contributed by atoms with Crippen molar-refractivity contribution in [2.45, 2.75) is 0 Å². The first-order valence-electron chi connectivity index (χ1n) is 6.97. The van der Waals surface area contributed by atoms with Crippen LogP contribution in [-0.4, -0.2) is 18.1 Å². The third kappa shape index (κ3) is 3.07. The van der Waals surface area contributed by atoms with Crippen LogP contribution in [0.4, 0.5) is 0 Å². The van der Waals surface area contributed by atoms with Gasteiger partial charge in [0.15, 0.2) is 5.76 Å². The van der Waals surface area contributed by atoms with E-state index in [0.29, 0.717) is 28.3 Å². The molecule has 0 amide bonds. The number of hydrogen-bond acceptors (Lipinski definition) is 5. The Morgan fingerprint density at radius 2 is 2.00 bits per heavy atom. The van der Waals surface area contributed by atoms with Crippen LogP contribution >= 0.6 is 15.9 Å². The van der Waals surface area contributed by atoms with Gasteiger partial charge in [-0.25, -0.2) is 9.78 Å². The molecule has 24 heavy (non-hydrogen) atoms. The zero-order chi connectivity index (χ0) is 17.1. The first-order chi connectivity index (χ1) is 11.6. The van der Waals surface area contributed by atoms with E-state index in [1.54, 1.807) is 48.7 Å². The zero-order valence-corrected chi connectivity index (χ0v) is 14.2. The molecule has 0 saturated carbocycles. The largest absolute Gasteiger partial charge is 0.465 e. The summed E-state index contributed by atoms with van der Waals surface area (Å²) < 4.78 is 11.3. The molecule has 3 rings (SSSR count). The Labute approximate surface area is 146 Å². The average molecular weight is 383 g/mol. The van der Waals surface area contributed by atoms with Crippen LogP contribution in [0.2, 0.25) is 0 Å². The van der Waals surface area contributed by atoms with Crippen LogP contribution in [0.15, 0.2) is 57.6 Å². The van der Waals surface area contributed by atoms with Crippen molar-refractivity contribution in [3.8, 4) is 28.8 Å². The molecule has 6 heteroatoms. The van der Waals surface area contributed by atoms with Gasteiger partial charge in [0, 0.05) is 10.0 Å². The summed E-state index contributed by atoms with van der Waals surface area (Å²) in [5.74, 6) is 0.512. The summed E-state index contributed by atoms with van der Waals surface area (Å²) in [5.41, 5.74) is 2.33. The van der Waals surface area contributed by atoms with Gasteiger partial charge >= 0.3 is 5.97 Å². The number of oxazole rings is 1. The molecule has 0 aliphatic rings. The fourth-order valence-corrected chi connectivity index (χ4v) is 2.57. The lowest BCUT2D eigenvalue weighted by Gasteiger charge is -2.01. The molecule has 5 nitrogen and oxygen atoms in total. The number of carbonyl (C=O) groups is 1. The second kappa shape index (κ2) is 6.69. The van der Waals surface area contributed by atoms with Gasteiger partial charge in [-0.2, -0.15) is 5.26 Å². The van der Waals surface area contributed by atoms with Gasteiger partial charge in [-0.1, -0.05) is 28.1 Å². The smallest absolute Gasteiger partial charge is 0.337 e. The topological polar surface area (TPSA) is 76.1 Å². The molecule has 0 saturated heterocycles. The Morgan fingerprint density at radius 1 is 1.25 bits per heavy atom. The highest BCUT2D eigenvalue weighted by Crippen LogP contribution is 2.30. The number of carbonyl (C=O) groups excluding carboxylic acids is 1. The van der Waals surface area contributed by atoms with Gasteiger partial charge < -0.3 is 9.15 Å². The van der Waals surface area contributed by atoms with Gasteiger partial charge in [-0.05, 0) is 30.3 Å². The minimum atomic E-state index is -0.396. The number of halogens is 1. The Morgan fingerprint density at radius 3 is 2.67 bits per heavy atom. The molecular weight excluding hydrogens is 372 g/mol. The number of ether oxygens (including phenoxy) is 1. The number of aromatic nitrogens is 1. The average Bonchev–Trinajstić information content (AvgIpc) is 3.11. The van der Waals surface area contributed by atoms with Crippen molar-refractivity contribution in [1.29, 1.82) is 5.26 Å². The number of benzene rings is 2. The summed E-state index contributed by atoms with van der Waals surface area (Å²) in [4.78, 5) is 15.7. The van der Waals surface area contributed by atoms with E-state index in [0.717, 1.165) is 10.0 Å². The lowest BCUT2D eigenvalue weighted by atomic mass is 10.1. The van der Waals surface area contributed by atoms with E-state index in [2.05, 4.69) is 31.7 Å². The molecule has 1 heterocycles. The summed E-state index contributed by atoms with van der Waals surface area (Å²) in [7, 11) is 1.34. The molecule has 3 aromatic rings. The number of hydrogen-bond donors (Lipinski definition) is 0. The highest BCUT2D eigenvalue weighted by molar-refractivity contribution is 9.10. The number of rotatable bonds is 3. The predicted molar refractivity (Wildman–Crippen MR) is 91.1 cm³/mol. The highest BCUT2D eigenvalue weighted by atomic mass is 79.9. The molecule has 0 fully saturated rings. The molecule has 0 aliphatic heterocycles. The Hall–Kier alpha value is -2.91. The van der Waals surface area contributed by atoms with Crippen molar-refractivity contribution in [1.82, 2.24) is 4.98 Å². The highest BCUT2D eigenvalue weighted by Gasteiger charge is 2.13. The van der Waals surface area contributed by atoms with Crippen molar-refractivity contribution in [3.05, 3.63) is 64.3 Å². The Kier molecular flexibility index (Phi) is 4.45. The van der Waals surface area contributed by atoms with Crippen LogP contribution in [0.5, 0.6) is 0 Å². The third-order valence-corrected chi connectivity index (χ3v) is 3.92. The summed E-state index contributed by atoms with van der Waals surface area (Å²) in [6.45, 7) is 0. The SMILES string of the molecule is COC(=O)c1ccc(-c2cnc(-c3cc(Br)ccc3C#N)o2)cc1. The van der Waals surface area contributed by atoms with E-state index in [4.69, 9.17) is 4.42 Å². The van der Waals surface area contributed by atoms with Crippen LogP contribution in [-0.2, 0) is 4.74 Å². The van der Waals surface area contributed by atoms with Gasteiger partial charge in [0.25, 0.3) is 0 Å². The maximum absolute atomic E-state index is 11.5. The second-order valence-electron chi connectivity index (χ2n) is 4.90. The van der Waals surface area contributed by atoms with Gasteiger partial charge in [0.1, 0.15) is 0 Å². The van der Waals surface area contributed by atoms with Crippen LogP contribution in [0.25, 0.3) is 22.8 Å². The van der Waals surface area contributed by atoms with E-state index in [-0.39, 0.29) is 0 Å². The molecule has 0 aliphatic carbocycles. The number of nitrogens with zero attached hydrogens (tertiary/aromatic N) is 2. The van der Waals surface area contributed by atoms with Crippen LogP contribution in [0, 0.1) is 11.3 Å². The molecule has 0 bridgehead atoms. The summed E-state index contributed by atoms with van der Waals surface area (Å²) in [5, 5.41) is 9.22. The Bertz CT molecular complexity index is 940. The molecule has 0 radical (unpaired) electrons. The fourth-order valence-electron chi connectivity index (χ4n) is 2.21. The van der Waals surface area contributed by atoms with Crippen LogP contribution in [0.1, 0.15) is 15.9 Å². The maximum Gasteiger partial charge on any atom is 0.337 e. The lowest BCUT2D eigenvalue weighted by Crippen LogP contribution is -2.00. The molecule has 0 spiro atoms. The summed E-state index contributed by atoms with van der Waals surface area (Å²) >= 11 is 3.38. The standard InChI is InChI=1S/C18H11BrN2O3/c1-23-18(22)12-4-2-11(3-5-12)16-10-21-17(24-16)15-8-14(19)7-6-13(15)9-20/h2-8,10H,1H3. The quantitative estimate of drug-likeness (QED) is 0.626. The minimum Gasteiger partial charge on any atom is -0.465 e. The second-order valence-corrected chi connectivity index (χ2v) is 5.82. The van der Waals surface area contributed by atoms with Gasteiger partial charge in [0.05, 0.1) is 36.1 Å². The van der Waals surface area contributed by atoms with E-state index >= 15 is 0 Å². The van der Waals surface area contributed by atoms with Gasteiger partial charge in [-0.15, -0.1) is 0 Å². The van der Waals surface area contributed by atoms with Gasteiger partial charge in [-0.3, -0.25) is 0 Å². The number of esters is 1. The number of nitriles is 1. The Balaban J connectivity index is 1.96. The molecule has 0 atom stereocenters. The van der Waals surface area contributed by atoms with Crippen molar-refractivity contribution in [2.24, 2.45) is 0 Å². The zero-order valence-electron chi connectivity index (χ0n) is 12.6. The predicted octanol–water partition coefficient (Wildman–Crippen LogP) is 4.43. The normalized spacial score (nSPS) is 10.2. The van der Waals surface area contributed by atoms with Crippen molar-refractivity contribution in [2.75, 3.05) is 7.11 Å². The van der Waals surface area contributed by atoms with E-state index < -0.39 is 5.97 Å². The van der Waals surface area contributed by atoms with Crippen molar-refractivity contribution < 1.29 is 13.9 Å². The van der Waals surface area contributed by atoms with E-state index in [9.17, 15) is 10.1 Å². The molecule has 1 aromatic heterocycles. The van der Waals surface area contributed by atoms with Crippen molar-refractivity contribution in [3.63, 3.8) is 0 Å².